The smallest absolute Gasteiger partial charge is 0.406 e. The van der Waals surface area contributed by atoms with E-state index in [1.165, 1.54) is 0 Å². The monoisotopic (exact) mass is 263 g/mol. The fourth-order valence-electron chi connectivity index (χ4n) is 2.33. The fraction of sp³-hybridized carbons (Fsp3) is 0.571. The normalized spacial score (nSPS) is 12.9. The van der Waals surface area contributed by atoms with Crippen LogP contribution in [0, 0.1) is 0 Å². The molecular weight excluding hydrogens is 242 g/mol. The molecule has 0 aliphatic rings. The van der Waals surface area contributed by atoms with Gasteiger partial charge in [0, 0.05) is 18.8 Å². The molecule has 2 aromatic heterocycles. The lowest BCUT2D eigenvalue weighted by molar-refractivity contribution is 0.435. The zero-order valence-electron chi connectivity index (χ0n) is 11.6. The molecule has 2 aromatic rings. The zero-order chi connectivity index (χ0) is 13.7. The maximum Gasteiger partial charge on any atom is 0.421 e. The maximum atomic E-state index is 11.8. The number of nitrogens with zero attached hydrogens (tertiary/aromatic N) is 2. The Morgan fingerprint density at radius 2 is 2.32 bits per heavy atom. The summed E-state index contributed by atoms with van der Waals surface area (Å²) in [5.41, 5.74) is 1.20. The number of aryl methyl sites for hydroxylation is 1. The van der Waals surface area contributed by atoms with Gasteiger partial charge in [0.05, 0.1) is 0 Å². The van der Waals surface area contributed by atoms with Crippen molar-refractivity contribution in [3.8, 4) is 0 Å². The highest BCUT2D eigenvalue weighted by atomic mass is 16.4. The summed E-state index contributed by atoms with van der Waals surface area (Å²) in [5, 5.41) is 3.44. The second-order valence-corrected chi connectivity index (χ2v) is 4.65. The number of rotatable bonds is 7. The minimum atomic E-state index is -0.315. The van der Waals surface area contributed by atoms with E-state index in [0.717, 1.165) is 25.8 Å². The van der Waals surface area contributed by atoms with Crippen LogP contribution in [0.1, 0.15) is 33.1 Å². The van der Waals surface area contributed by atoms with E-state index in [-0.39, 0.29) is 5.76 Å². The number of nitrogens with one attached hydrogen (secondary N) is 1. The molecule has 19 heavy (non-hydrogen) atoms. The molecular formula is C14H21N3O2. The van der Waals surface area contributed by atoms with Gasteiger partial charge < -0.3 is 9.73 Å². The van der Waals surface area contributed by atoms with Crippen LogP contribution in [-0.4, -0.2) is 22.1 Å². The molecule has 0 aliphatic heterocycles. The van der Waals surface area contributed by atoms with Crippen LogP contribution < -0.4 is 11.1 Å². The molecule has 1 N–H and O–H groups in total. The second-order valence-electron chi connectivity index (χ2n) is 4.65. The fourth-order valence-corrected chi connectivity index (χ4v) is 2.33. The van der Waals surface area contributed by atoms with E-state index >= 15 is 0 Å². The number of pyridine rings is 1. The van der Waals surface area contributed by atoms with E-state index in [0.29, 0.717) is 23.8 Å². The lowest BCUT2D eigenvalue weighted by Crippen LogP contribution is -2.28. The largest absolute Gasteiger partial charge is 0.421 e. The number of hydrogen-bond acceptors (Lipinski definition) is 4. The SMILES string of the molecule is CCNC(CC)CCCn1c(=O)oc2cccnc21. The molecule has 0 spiro atoms. The quantitative estimate of drug-likeness (QED) is 0.831. The molecule has 1 atom stereocenters. The van der Waals surface area contributed by atoms with Gasteiger partial charge >= 0.3 is 5.76 Å². The van der Waals surface area contributed by atoms with Crippen molar-refractivity contribution in [2.45, 2.75) is 45.7 Å². The minimum absolute atomic E-state index is 0.315. The van der Waals surface area contributed by atoms with Gasteiger partial charge in [-0.1, -0.05) is 13.8 Å². The van der Waals surface area contributed by atoms with E-state index in [1.54, 1.807) is 22.9 Å². The minimum Gasteiger partial charge on any atom is -0.406 e. The first kappa shape index (κ1) is 13.8. The molecule has 2 rings (SSSR count). The average molecular weight is 263 g/mol. The lowest BCUT2D eigenvalue weighted by Gasteiger charge is -2.15. The molecule has 0 aliphatic carbocycles. The van der Waals surface area contributed by atoms with Crippen LogP contribution in [0.25, 0.3) is 11.2 Å². The van der Waals surface area contributed by atoms with Crippen molar-refractivity contribution < 1.29 is 4.42 Å². The van der Waals surface area contributed by atoms with Crippen LogP contribution in [0.3, 0.4) is 0 Å². The van der Waals surface area contributed by atoms with Crippen molar-refractivity contribution in [2.24, 2.45) is 0 Å². The van der Waals surface area contributed by atoms with Crippen molar-refractivity contribution in [1.29, 1.82) is 0 Å². The topological polar surface area (TPSA) is 60.1 Å². The molecule has 1 unspecified atom stereocenters. The first-order valence-corrected chi connectivity index (χ1v) is 6.94. The van der Waals surface area contributed by atoms with Gasteiger partial charge in [-0.05, 0) is 37.9 Å². The van der Waals surface area contributed by atoms with Crippen LogP contribution in [0.15, 0.2) is 27.5 Å². The average Bonchev–Trinajstić information content (AvgIpc) is 2.74. The molecule has 0 amide bonds. The third-order valence-corrected chi connectivity index (χ3v) is 3.34. The Morgan fingerprint density at radius 3 is 3.05 bits per heavy atom. The summed E-state index contributed by atoms with van der Waals surface area (Å²) in [5.74, 6) is -0.315. The first-order valence-electron chi connectivity index (χ1n) is 6.94. The Hall–Kier alpha value is -1.62. The Bertz CT molecular complexity index is 573. The van der Waals surface area contributed by atoms with Gasteiger partial charge in [-0.25, -0.2) is 9.78 Å². The van der Waals surface area contributed by atoms with E-state index < -0.39 is 0 Å². The van der Waals surface area contributed by atoms with Crippen LogP contribution in [0.5, 0.6) is 0 Å². The summed E-state index contributed by atoms with van der Waals surface area (Å²) in [6.45, 7) is 5.92. The number of oxazole rings is 1. The molecule has 104 valence electrons. The van der Waals surface area contributed by atoms with Crippen LogP contribution in [-0.2, 0) is 6.54 Å². The van der Waals surface area contributed by atoms with Gasteiger partial charge in [-0.2, -0.15) is 0 Å². The molecule has 0 saturated carbocycles. The summed E-state index contributed by atoms with van der Waals surface area (Å²) >= 11 is 0. The maximum absolute atomic E-state index is 11.8. The molecule has 0 saturated heterocycles. The van der Waals surface area contributed by atoms with E-state index in [9.17, 15) is 4.79 Å². The van der Waals surface area contributed by atoms with Crippen molar-refractivity contribution in [3.05, 3.63) is 28.9 Å². The summed E-state index contributed by atoms with van der Waals surface area (Å²) in [6, 6.07) is 4.06. The molecule has 0 aromatic carbocycles. The summed E-state index contributed by atoms with van der Waals surface area (Å²) in [6.07, 6.45) is 4.78. The van der Waals surface area contributed by atoms with Gasteiger partial charge in [-0.3, -0.25) is 4.57 Å². The molecule has 5 heteroatoms. The van der Waals surface area contributed by atoms with Crippen molar-refractivity contribution >= 4 is 11.2 Å². The Balaban J connectivity index is 2.02. The summed E-state index contributed by atoms with van der Waals surface area (Å²) < 4.78 is 6.78. The number of hydrogen-bond donors (Lipinski definition) is 1. The van der Waals surface area contributed by atoms with Crippen LogP contribution in [0.2, 0.25) is 0 Å². The summed E-state index contributed by atoms with van der Waals surface area (Å²) in [4.78, 5) is 16.0. The Labute approximate surface area is 112 Å². The predicted molar refractivity (Wildman–Crippen MR) is 75.3 cm³/mol. The molecule has 0 fully saturated rings. The van der Waals surface area contributed by atoms with E-state index in [1.807, 2.05) is 0 Å². The third kappa shape index (κ3) is 3.23. The second kappa shape index (κ2) is 6.52. The van der Waals surface area contributed by atoms with Gasteiger partial charge in [0.25, 0.3) is 0 Å². The highest BCUT2D eigenvalue weighted by Crippen LogP contribution is 2.10. The predicted octanol–water partition coefficient (Wildman–Crippen LogP) is 2.16. The van der Waals surface area contributed by atoms with Crippen molar-refractivity contribution in [3.63, 3.8) is 0 Å². The van der Waals surface area contributed by atoms with Crippen molar-refractivity contribution in [2.75, 3.05) is 6.54 Å². The highest BCUT2D eigenvalue weighted by Gasteiger charge is 2.10. The Morgan fingerprint density at radius 1 is 1.47 bits per heavy atom. The van der Waals surface area contributed by atoms with Crippen LogP contribution >= 0.6 is 0 Å². The number of fused-ring (bicyclic) bond motifs is 1. The van der Waals surface area contributed by atoms with Gasteiger partial charge in [0.1, 0.15) is 0 Å². The zero-order valence-corrected chi connectivity index (χ0v) is 11.6. The summed E-state index contributed by atoms with van der Waals surface area (Å²) in [7, 11) is 0. The van der Waals surface area contributed by atoms with Crippen LogP contribution in [0.4, 0.5) is 0 Å². The van der Waals surface area contributed by atoms with Gasteiger partial charge in [0.15, 0.2) is 11.2 Å². The number of aromatic nitrogens is 2. The van der Waals surface area contributed by atoms with Gasteiger partial charge in [0.2, 0.25) is 0 Å². The van der Waals surface area contributed by atoms with E-state index in [4.69, 9.17) is 4.42 Å². The van der Waals surface area contributed by atoms with Crippen molar-refractivity contribution in [1.82, 2.24) is 14.9 Å². The molecule has 2 heterocycles. The lowest BCUT2D eigenvalue weighted by atomic mass is 10.1. The van der Waals surface area contributed by atoms with E-state index in [2.05, 4.69) is 24.1 Å². The molecule has 0 radical (unpaired) electrons. The highest BCUT2D eigenvalue weighted by molar-refractivity contribution is 5.67. The first-order chi connectivity index (χ1) is 9.26. The molecule has 0 bridgehead atoms. The third-order valence-electron chi connectivity index (χ3n) is 3.34. The standard InChI is InChI=1S/C14H21N3O2/c1-3-11(15-4-2)7-6-10-17-13-12(19-14(17)18)8-5-9-16-13/h5,8-9,11,15H,3-4,6-7,10H2,1-2H3. The Kier molecular flexibility index (Phi) is 4.74. The molecule has 5 nitrogen and oxygen atoms in total. The van der Waals surface area contributed by atoms with Gasteiger partial charge in [-0.15, -0.1) is 0 Å².